The molecule has 730 valence electrons. The van der Waals surface area contributed by atoms with Crippen molar-refractivity contribution in [2.45, 2.75) is 178 Å². The maximum Gasteiger partial charge on any atom is 0.424 e. The fraction of sp³-hybridized carbons (Fsp3) is 0.283. The summed E-state index contributed by atoms with van der Waals surface area (Å²) in [6, 6.07) is 52.4. The number of Topliss-reactive ketones (excluding diaryl/α,β-unsaturated/α-hetero) is 4. The van der Waals surface area contributed by atoms with Crippen LogP contribution in [0.15, 0.2) is 248 Å². The van der Waals surface area contributed by atoms with E-state index in [2.05, 4.69) is 53.2 Å². The fourth-order valence-corrected chi connectivity index (χ4v) is 25.6. The van der Waals surface area contributed by atoms with Crippen molar-refractivity contribution in [3.8, 4) is 90.6 Å². The van der Waals surface area contributed by atoms with Crippen LogP contribution in [0.3, 0.4) is 0 Å². The first-order chi connectivity index (χ1) is 71.3. The zero-order chi connectivity index (χ0) is 103. The maximum absolute atomic E-state index is 15.2. The molecule has 8 aromatic heterocycles. The molecule has 3 saturated carbocycles. The number of pyridine rings is 4. The summed E-state index contributed by atoms with van der Waals surface area (Å²) in [4.78, 5) is 124. The Hall–Kier alpha value is -16.4. The number of epoxide rings is 2. The van der Waals surface area contributed by atoms with Gasteiger partial charge in [0.05, 0.1) is 80.6 Å². The van der Waals surface area contributed by atoms with Crippen LogP contribution in [-0.4, -0.2) is 107 Å². The van der Waals surface area contributed by atoms with E-state index in [9.17, 15) is 28.0 Å². The molecule has 0 bridgehead atoms. The van der Waals surface area contributed by atoms with E-state index in [1.807, 2.05) is 90.1 Å². The van der Waals surface area contributed by atoms with Gasteiger partial charge in [-0.25, -0.2) is 89.0 Å². The number of allylic oxidation sites excluding steroid dienone is 5. The Kier molecular flexibility index (Phi) is 22.6. The highest BCUT2D eigenvalue weighted by Gasteiger charge is 2.85. The highest BCUT2D eigenvalue weighted by atomic mass is 19.1. The highest BCUT2D eigenvalue weighted by Crippen LogP contribution is 2.67. The zero-order valence-corrected chi connectivity index (χ0v) is 81.9. The van der Waals surface area contributed by atoms with Crippen LogP contribution in [0.2, 0.25) is 0 Å². The molecule has 9 aliphatic carbocycles. The highest BCUT2D eigenvalue weighted by molar-refractivity contribution is 6.12. The SMILES string of the molecule is [C-]#[N+]C1=C[C@@]2(C)c3nc(-c4cccc5ncccc45)nc(-c4ccccc4F)c3CC[C@@H]2C(C)(C)C1=O.[C-]#[N+]C1=C[C@]2(C)C(=C(C)C1=O)CCc1c(-c3ccccc3F)nc(-c3ccnc4c(F)cccc34)nc12.[C-]#[N+][C@]12O[C@H]1[C@@]1(C)c3nc(-c4ccnc(C5CC5)c4)nc(-c4ccccc4F)c3CC[C@@H]1[C@@H](C)C2=O.[C-]#[N+][C@]12O[C@H]1[C@@]1(C)c3nc(-c4ccnc5cc(F)ccc45)nc(-c4ccccc4F)c3CC[C@@H]1[C@@H](C)C2=O. The fourth-order valence-electron chi connectivity index (χ4n) is 25.6. The minimum absolute atomic E-state index is 0.0180. The summed E-state index contributed by atoms with van der Waals surface area (Å²) < 4.78 is 101. The van der Waals surface area contributed by atoms with E-state index in [0.29, 0.717) is 164 Å². The van der Waals surface area contributed by atoms with E-state index >= 15 is 17.6 Å². The second-order valence-electron chi connectivity index (χ2n) is 41.6. The molecule has 0 unspecified atom stereocenters. The molecular formula is C120H92F6N16O6. The number of aromatic nitrogens is 12. The summed E-state index contributed by atoms with van der Waals surface area (Å²) in [5.74, 6) is -1.85. The van der Waals surface area contributed by atoms with E-state index in [-0.39, 0.29) is 81.3 Å². The van der Waals surface area contributed by atoms with Gasteiger partial charge in [0.15, 0.2) is 47.1 Å². The third kappa shape index (κ3) is 14.6. The van der Waals surface area contributed by atoms with Crippen LogP contribution in [0.25, 0.3) is 143 Å². The van der Waals surface area contributed by atoms with Crippen molar-refractivity contribution in [1.82, 2.24) is 59.8 Å². The van der Waals surface area contributed by atoms with Gasteiger partial charge in [0.2, 0.25) is 11.4 Å². The molecule has 22 nitrogen and oxygen atoms in total. The number of fused-ring (bicyclic) bond motifs is 19. The first kappa shape index (κ1) is 95.1. The van der Waals surface area contributed by atoms with Gasteiger partial charge in [-0.3, -0.25) is 48.7 Å². The van der Waals surface area contributed by atoms with Crippen LogP contribution in [0.4, 0.5) is 26.3 Å². The molecule has 0 N–H and O–H groups in total. The average molecular weight is 1970 g/mol. The predicted octanol–water partition coefficient (Wildman–Crippen LogP) is 24.2. The Morgan fingerprint density at radius 2 is 0.845 bits per heavy atom. The lowest BCUT2D eigenvalue weighted by atomic mass is 9.53. The Labute approximate surface area is 847 Å². The van der Waals surface area contributed by atoms with Gasteiger partial charge in [-0.05, 0) is 210 Å². The number of hydrogen-bond donors (Lipinski definition) is 0. The summed E-state index contributed by atoms with van der Waals surface area (Å²) in [7, 11) is 0. The zero-order valence-electron chi connectivity index (χ0n) is 81.9. The van der Waals surface area contributed by atoms with Crippen LogP contribution in [-0.2, 0) is 76.0 Å². The number of ether oxygens (including phenoxy) is 2. The Bertz CT molecular complexity index is 8650. The van der Waals surface area contributed by atoms with Gasteiger partial charge >= 0.3 is 11.4 Å². The van der Waals surface area contributed by atoms with Gasteiger partial charge < -0.3 is 9.59 Å². The second-order valence-corrected chi connectivity index (χ2v) is 41.6. The number of carbonyl (C=O) groups is 4. The van der Waals surface area contributed by atoms with Crippen molar-refractivity contribution in [3.63, 3.8) is 0 Å². The molecule has 28 heteroatoms. The summed E-state index contributed by atoms with van der Waals surface area (Å²) in [6.07, 6.45) is 16.2. The van der Waals surface area contributed by atoms with E-state index in [4.69, 9.17) is 75.6 Å². The van der Waals surface area contributed by atoms with Crippen LogP contribution >= 0.6 is 0 Å². The van der Waals surface area contributed by atoms with Gasteiger partial charge in [0, 0.05) is 153 Å². The number of para-hydroxylation sites is 1. The lowest BCUT2D eigenvalue weighted by molar-refractivity contribution is -0.130. The van der Waals surface area contributed by atoms with Crippen LogP contribution < -0.4 is 0 Å². The third-order valence-corrected chi connectivity index (χ3v) is 33.2. The van der Waals surface area contributed by atoms with Crippen molar-refractivity contribution in [1.29, 1.82) is 0 Å². The molecular weight excluding hydrogens is 1880 g/mol. The van der Waals surface area contributed by atoms with Crippen LogP contribution in [0, 0.1) is 96.2 Å². The van der Waals surface area contributed by atoms with E-state index in [1.165, 1.54) is 48.7 Å². The first-order valence-electron chi connectivity index (χ1n) is 49.5. The molecule has 2 aliphatic heterocycles. The summed E-state index contributed by atoms with van der Waals surface area (Å²) in [6.45, 7) is 48.3. The molecule has 0 spiro atoms. The number of nitrogens with zero attached hydrogens (tertiary/aromatic N) is 16. The quantitative estimate of drug-likeness (QED) is 0.0738. The standard InChI is InChI=1S/C31H25FN4O.C30H22F2N4O2.C30H20F2N4O.C29H25FN4O2/c1-30(2)25-15-14-21-26(20-9-5-6-12-22(20)32)35-29(19-10-7-13-23-18(19)11-8-16-34-23)36-27(21)31(25,3)17-24(33-4)28(30)37;1-15-21-11-10-20-24(19-6-4-5-7-22(19)32)35-27(18-12-13-34-23-14-16(31)8-9-17(18)23)36-25(20)29(21,2)28-30(33-3,38-28)26(15)37;1-16-21-12-11-20-25(19-7-4-5-9-22(19)31)35-29(18-13-14-34-26-17(18)8-6-10-23(26)32)36-28(20)30(21,2)15-24(33-3)27(16)37;1-15-20-11-10-19-23(18-6-4-5-7-21(18)30)33-26(17-12-13-32-22(14-17)16-8-9-16)34-24(19)28(20,2)27-29(31-3,36-27)25(15)35/h5-13,16-17,25H,14-15H2,1-3H3;4-9,12-15,21,28H,10-11H2,1-2H3;4-10,13-15H,11-12H2,1-2H3;4-7,12-16,20,27H,8-11H2,1-2H3/t25-,31-;15-,21-,28+,29-,30-;30-;15-,20-,27+,28-,29-/m1111/s1. The minimum atomic E-state index is -1.50. The molecule has 26 rings (SSSR count). The lowest BCUT2D eigenvalue weighted by Gasteiger charge is -2.50. The summed E-state index contributed by atoms with van der Waals surface area (Å²) in [5, 5.41) is 2.10. The molecule has 13 atom stereocenters. The Balaban J connectivity index is 0.000000108. The summed E-state index contributed by atoms with van der Waals surface area (Å²) in [5.41, 5.74) is 10.1. The van der Waals surface area contributed by atoms with E-state index < -0.39 is 74.0 Å². The number of carbonyl (C=O) groups excluding carboxylic acids is 4. The lowest BCUT2D eigenvalue weighted by Crippen LogP contribution is -2.55. The molecule has 148 heavy (non-hydrogen) atoms. The molecule has 0 radical (unpaired) electrons. The molecule has 10 heterocycles. The average Bonchev–Trinajstić information content (AvgIpc) is 1.50. The second kappa shape index (κ2) is 35.2. The van der Waals surface area contributed by atoms with Crippen LogP contribution in [0.5, 0.6) is 0 Å². The normalized spacial score (nSPS) is 25.5. The number of halogens is 6. The molecule has 0 amide bonds. The molecule has 2 saturated heterocycles. The Morgan fingerprint density at radius 3 is 1.39 bits per heavy atom. The van der Waals surface area contributed by atoms with E-state index in [0.717, 1.165) is 86.2 Å². The van der Waals surface area contributed by atoms with Gasteiger partial charge in [-0.2, -0.15) is 0 Å². The van der Waals surface area contributed by atoms with Gasteiger partial charge in [0.1, 0.15) is 40.4 Å². The number of ketones is 4. The van der Waals surface area contributed by atoms with Crippen molar-refractivity contribution in [2.75, 3.05) is 0 Å². The van der Waals surface area contributed by atoms with Gasteiger partial charge in [0.25, 0.3) is 11.6 Å². The molecule has 15 aromatic rings. The largest absolute Gasteiger partial charge is 0.424 e. The van der Waals surface area contributed by atoms with Crippen molar-refractivity contribution in [2.24, 2.45) is 35.0 Å². The number of hydrogen-bond acceptors (Lipinski definition) is 18. The molecule has 11 aliphatic rings. The van der Waals surface area contributed by atoms with Gasteiger partial charge in [-0.1, -0.05) is 139 Å². The topological polar surface area (TPSA) is 265 Å². The van der Waals surface area contributed by atoms with E-state index in [1.54, 1.807) is 135 Å². The number of benzene rings is 7. The number of rotatable bonds is 9. The smallest absolute Gasteiger partial charge is 0.307 e. The minimum Gasteiger partial charge on any atom is -0.307 e. The monoisotopic (exact) mass is 1970 g/mol. The maximum atomic E-state index is 15.2. The van der Waals surface area contributed by atoms with Crippen LogP contribution in [0.1, 0.15) is 157 Å². The van der Waals surface area contributed by atoms with Gasteiger partial charge in [-0.15, -0.1) is 0 Å². The Morgan fingerprint density at radius 1 is 0.392 bits per heavy atom. The van der Waals surface area contributed by atoms with Crippen molar-refractivity contribution in [3.05, 3.63) is 379 Å². The van der Waals surface area contributed by atoms with Crippen molar-refractivity contribution < 1.29 is 55.0 Å². The van der Waals surface area contributed by atoms with Crippen molar-refractivity contribution >= 4 is 55.8 Å². The first-order valence-corrected chi connectivity index (χ1v) is 49.5. The molecule has 5 fully saturated rings. The third-order valence-electron chi connectivity index (χ3n) is 33.2. The molecule has 7 aromatic carbocycles. The predicted molar refractivity (Wildman–Crippen MR) is 543 cm³/mol. The summed E-state index contributed by atoms with van der Waals surface area (Å²) >= 11 is 0.